The smallest absolute Gasteiger partial charge is 0.312 e. The molecule has 0 saturated carbocycles. The molecule has 0 radical (unpaired) electrons. The van der Waals surface area contributed by atoms with E-state index in [2.05, 4.69) is 47.7 Å². The number of aromatic nitrogens is 10. The molecule has 8 aromatic rings. The van der Waals surface area contributed by atoms with E-state index in [-0.39, 0.29) is 49.1 Å². The molecule has 0 spiro atoms. The number of hydrogen-bond acceptors (Lipinski definition) is 12. The third-order valence-electron chi connectivity index (χ3n) is 9.41. The van der Waals surface area contributed by atoms with Crippen LogP contribution in [0.1, 0.15) is 56.8 Å². The maximum absolute atomic E-state index is 12.1. The van der Waals surface area contributed by atoms with E-state index in [0.717, 1.165) is 44.2 Å². The van der Waals surface area contributed by atoms with Crippen LogP contribution in [-0.4, -0.2) is 65.7 Å². The third-order valence-corrected chi connectivity index (χ3v) is 9.41. The number of nitrogens with one attached hydrogen (secondary N) is 1. The van der Waals surface area contributed by atoms with Crippen molar-refractivity contribution in [1.82, 2.24) is 49.5 Å². The molecule has 16 nitrogen and oxygen atoms in total. The highest BCUT2D eigenvalue weighted by molar-refractivity contribution is 5.93. The van der Waals surface area contributed by atoms with E-state index < -0.39 is 5.41 Å². The Balaban J connectivity index is 0.000000183. The zero-order chi connectivity index (χ0) is 40.8. The highest BCUT2D eigenvalue weighted by Gasteiger charge is 2.24. The Morgan fingerprint density at radius 3 is 1.91 bits per heavy atom. The molecule has 0 unspecified atom stereocenters. The molecule has 2 atom stereocenters. The standard InChI is InChI=1S/C24H24N6O3.C18H14N6O/c1-24(2,3)23(32)33-15-29-10-8-19-20(13-26-28-22(19)29)17-12-27-30(14-17)21(7-9-25)16-5-4-6-18(31)11-16;19-6-4-17(12-2-1-3-14(25)8-12)24-11-13(9-22-24)16-10-21-23-18-15(16)5-7-20-18/h4-6,8,10-14,21,31H,7,15H2,1-3H3;1-3,5,7-11,17,25H,4H2,(H,20,23)/t21-;17-/m11/s1. The number of H-pyrrole nitrogens is 1. The van der Waals surface area contributed by atoms with Crippen molar-refractivity contribution < 1.29 is 19.7 Å². The van der Waals surface area contributed by atoms with Crippen LogP contribution < -0.4 is 0 Å². The number of ether oxygens (including phenoxy) is 1. The van der Waals surface area contributed by atoms with Gasteiger partial charge in [0.15, 0.2) is 18.0 Å². The Hall–Kier alpha value is -7.85. The molecule has 0 amide bonds. The molecule has 0 aliphatic carbocycles. The number of benzene rings is 2. The van der Waals surface area contributed by atoms with Crippen LogP contribution in [0.4, 0.5) is 0 Å². The monoisotopic (exact) mass is 774 g/mol. The van der Waals surface area contributed by atoms with Crippen molar-refractivity contribution in [3.8, 4) is 45.9 Å². The summed E-state index contributed by atoms with van der Waals surface area (Å²) in [6, 6.07) is 21.3. The number of aromatic hydroxyl groups is 2. The summed E-state index contributed by atoms with van der Waals surface area (Å²) in [6.45, 7) is 5.44. The van der Waals surface area contributed by atoms with Gasteiger partial charge < -0.3 is 19.9 Å². The van der Waals surface area contributed by atoms with Gasteiger partial charge >= 0.3 is 5.97 Å². The molecule has 0 fully saturated rings. The van der Waals surface area contributed by atoms with Gasteiger partial charge in [0.2, 0.25) is 0 Å². The van der Waals surface area contributed by atoms with Crippen molar-refractivity contribution in [2.45, 2.75) is 52.4 Å². The van der Waals surface area contributed by atoms with E-state index in [1.54, 1.807) is 102 Å². The highest BCUT2D eigenvalue weighted by atomic mass is 16.5. The molecule has 0 aliphatic rings. The lowest BCUT2D eigenvalue weighted by molar-refractivity contribution is -0.156. The molecule has 58 heavy (non-hydrogen) atoms. The summed E-state index contributed by atoms with van der Waals surface area (Å²) in [4.78, 5) is 15.2. The molecule has 2 aromatic carbocycles. The largest absolute Gasteiger partial charge is 0.508 e. The number of phenolic OH excluding ortho intramolecular Hbond substituents is 2. The normalized spacial score (nSPS) is 12.3. The second-order valence-corrected chi connectivity index (χ2v) is 14.5. The molecule has 6 heterocycles. The minimum atomic E-state index is -0.593. The molecular formula is C42H38N12O4. The van der Waals surface area contributed by atoms with Crippen molar-refractivity contribution in [3.63, 3.8) is 0 Å². The predicted octanol–water partition coefficient (Wildman–Crippen LogP) is 7.08. The van der Waals surface area contributed by atoms with E-state index >= 15 is 0 Å². The van der Waals surface area contributed by atoms with Gasteiger partial charge in [-0.3, -0.25) is 18.7 Å². The van der Waals surface area contributed by atoms with Crippen LogP contribution in [0.25, 0.3) is 44.3 Å². The van der Waals surface area contributed by atoms with Gasteiger partial charge in [0, 0.05) is 57.8 Å². The number of nitrogens with zero attached hydrogens (tertiary/aromatic N) is 11. The molecule has 0 aliphatic heterocycles. The van der Waals surface area contributed by atoms with Gasteiger partial charge in [0.25, 0.3) is 0 Å². The number of fused-ring (bicyclic) bond motifs is 2. The summed E-state index contributed by atoms with van der Waals surface area (Å²) in [5.74, 6) is 0.00164. The summed E-state index contributed by atoms with van der Waals surface area (Å²) >= 11 is 0. The van der Waals surface area contributed by atoms with Crippen LogP contribution in [0.2, 0.25) is 0 Å². The quantitative estimate of drug-likeness (QED) is 0.119. The molecule has 3 N–H and O–H groups in total. The van der Waals surface area contributed by atoms with Crippen molar-refractivity contribution in [1.29, 1.82) is 10.5 Å². The van der Waals surface area contributed by atoms with Crippen LogP contribution in [0, 0.1) is 28.1 Å². The topological polar surface area (TPSA) is 222 Å². The second-order valence-electron chi connectivity index (χ2n) is 14.5. The number of phenols is 2. The Morgan fingerprint density at radius 1 is 0.793 bits per heavy atom. The van der Waals surface area contributed by atoms with Gasteiger partial charge in [0.05, 0.1) is 67.3 Å². The number of aromatic amines is 1. The summed E-state index contributed by atoms with van der Waals surface area (Å²) in [5, 5.41) is 65.2. The third kappa shape index (κ3) is 8.22. The number of nitriles is 2. The van der Waals surface area contributed by atoms with E-state index in [1.165, 1.54) is 0 Å². The fourth-order valence-electron chi connectivity index (χ4n) is 6.44. The fraction of sp³-hybridized carbons (Fsp3) is 0.214. The van der Waals surface area contributed by atoms with Gasteiger partial charge in [-0.2, -0.15) is 30.9 Å². The number of esters is 1. The summed E-state index contributed by atoms with van der Waals surface area (Å²) in [6.07, 6.45) is 14.6. The Morgan fingerprint density at radius 2 is 1.36 bits per heavy atom. The van der Waals surface area contributed by atoms with Gasteiger partial charge in [-0.15, -0.1) is 10.2 Å². The average Bonchev–Trinajstić information content (AvgIpc) is 4.05. The van der Waals surface area contributed by atoms with Crippen LogP contribution in [0.15, 0.2) is 110 Å². The Kier molecular flexibility index (Phi) is 10.9. The van der Waals surface area contributed by atoms with Crippen LogP contribution in [0.5, 0.6) is 11.5 Å². The zero-order valence-electron chi connectivity index (χ0n) is 31.8. The minimum absolute atomic E-state index is 0.0404. The number of hydrogen-bond donors (Lipinski definition) is 3. The number of carbonyl (C=O) groups is 1. The lowest BCUT2D eigenvalue weighted by Gasteiger charge is -2.16. The van der Waals surface area contributed by atoms with Crippen molar-refractivity contribution in [2.75, 3.05) is 0 Å². The SMILES string of the molecule is CC(C)(C)C(=O)OCn1ccc2c(-c3cnn([C@H](CC#N)c4cccc(O)c4)c3)cnnc21.N#CC[C@H](c1cccc(O)c1)n1cc(-c2cnnc3[nH]ccc23)cn1. The fourth-order valence-corrected chi connectivity index (χ4v) is 6.44. The van der Waals surface area contributed by atoms with Gasteiger partial charge in [0.1, 0.15) is 11.5 Å². The van der Waals surface area contributed by atoms with Crippen LogP contribution >= 0.6 is 0 Å². The minimum Gasteiger partial charge on any atom is -0.508 e. The molecular weight excluding hydrogens is 737 g/mol. The molecule has 0 bridgehead atoms. The Bertz CT molecular complexity index is 2800. The molecule has 8 rings (SSSR count). The molecule has 16 heteroatoms. The zero-order valence-corrected chi connectivity index (χ0v) is 31.8. The van der Waals surface area contributed by atoms with E-state index in [4.69, 9.17) is 4.74 Å². The van der Waals surface area contributed by atoms with E-state index in [9.17, 15) is 25.5 Å². The Labute approximate surface area is 332 Å². The predicted molar refractivity (Wildman–Crippen MR) is 212 cm³/mol. The van der Waals surface area contributed by atoms with Gasteiger partial charge in [-0.1, -0.05) is 24.3 Å². The van der Waals surface area contributed by atoms with Crippen molar-refractivity contribution in [2.24, 2.45) is 5.41 Å². The molecule has 290 valence electrons. The van der Waals surface area contributed by atoms with Crippen LogP contribution in [-0.2, 0) is 16.3 Å². The number of rotatable bonds is 10. The first-order chi connectivity index (χ1) is 28.0. The summed E-state index contributed by atoms with van der Waals surface area (Å²) < 4.78 is 10.6. The number of carbonyl (C=O) groups excluding carboxylic acids is 1. The lowest BCUT2D eigenvalue weighted by atomic mass is 9.98. The molecule has 6 aromatic heterocycles. The van der Waals surface area contributed by atoms with Crippen molar-refractivity contribution >= 4 is 28.0 Å². The first kappa shape index (κ1) is 38.4. The first-order valence-electron chi connectivity index (χ1n) is 18.2. The maximum Gasteiger partial charge on any atom is 0.312 e. The summed E-state index contributed by atoms with van der Waals surface area (Å²) in [5.41, 5.74) is 5.76. The van der Waals surface area contributed by atoms with Crippen molar-refractivity contribution in [3.05, 3.63) is 121 Å². The van der Waals surface area contributed by atoms with Gasteiger partial charge in [-0.25, -0.2) is 0 Å². The second kappa shape index (κ2) is 16.5. The van der Waals surface area contributed by atoms with E-state index in [1.807, 2.05) is 42.9 Å². The summed E-state index contributed by atoms with van der Waals surface area (Å²) in [7, 11) is 0. The van der Waals surface area contributed by atoms with Crippen LogP contribution in [0.3, 0.4) is 0 Å². The lowest BCUT2D eigenvalue weighted by Crippen LogP contribution is -2.23. The maximum atomic E-state index is 12.1. The highest BCUT2D eigenvalue weighted by Crippen LogP contribution is 2.32. The van der Waals surface area contributed by atoms with E-state index in [0.29, 0.717) is 11.3 Å². The first-order valence-corrected chi connectivity index (χ1v) is 18.2. The average molecular weight is 775 g/mol. The molecule has 0 saturated heterocycles. The van der Waals surface area contributed by atoms with Gasteiger partial charge in [-0.05, 0) is 68.3 Å².